The van der Waals surface area contributed by atoms with Crippen molar-refractivity contribution in [2.75, 3.05) is 0 Å². The standard InChI is InChI=1S/C25H29BO2/c1-23(2)18-12-9-13-20(26-28-25(5,6)24(3,4)27)22(18)21-17-11-8-7-10-16(17)14-15-19(21)23/h7-15,26-27H,1-6H3. The lowest BCUT2D eigenvalue weighted by Gasteiger charge is -2.37. The van der Waals surface area contributed by atoms with Gasteiger partial charge in [0, 0.05) is 5.41 Å². The first-order chi connectivity index (χ1) is 13.0. The maximum atomic E-state index is 10.5. The molecule has 1 aliphatic carbocycles. The Morgan fingerprint density at radius 2 is 1.50 bits per heavy atom. The highest BCUT2D eigenvalue weighted by Gasteiger charge is 2.39. The summed E-state index contributed by atoms with van der Waals surface area (Å²) in [6.07, 6.45) is 0. The smallest absolute Gasteiger partial charge is 0.310 e. The molecule has 0 saturated carbocycles. The molecule has 3 aromatic rings. The molecule has 2 nitrogen and oxygen atoms in total. The number of fused-ring (bicyclic) bond motifs is 5. The minimum atomic E-state index is -0.922. The summed E-state index contributed by atoms with van der Waals surface area (Å²) in [4.78, 5) is 0. The highest BCUT2D eigenvalue weighted by atomic mass is 16.5. The third-order valence-electron chi connectivity index (χ3n) is 6.74. The SMILES string of the molecule is CC1(C)c2cccc(BOC(C)(C)C(C)(C)O)c2-c2c1ccc1ccccc21. The molecule has 0 amide bonds. The van der Waals surface area contributed by atoms with E-state index in [0.717, 1.165) is 0 Å². The van der Waals surface area contributed by atoms with Crippen molar-refractivity contribution < 1.29 is 9.76 Å². The third-order valence-corrected chi connectivity index (χ3v) is 6.74. The summed E-state index contributed by atoms with van der Waals surface area (Å²) in [5.74, 6) is 0. The molecule has 144 valence electrons. The maximum Gasteiger partial charge on any atom is 0.310 e. The minimum Gasteiger partial charge on any atom is -0.427 e. The van der Waals surface area contributed by atoms with Crippen molar-refractivity contribution in [2.45, 2.75) is 58.2 Å². The molecule has 1 aliphatic rings. The van der Waals surface area contributed by atoms with Gasteiger partial charge in [-0.2, -0.15) is 0 Å². The molecule has 0 atom stereocenters. The van der Waals surface area contributed by atoms with Crippen molar-refractivity contribution in [1.29, 1.82) is 0 Å². The number of hydrogen-bond donors (Lipinski definition) is 1. The fraction of sp³-hybridized carbons (Fsp3) is 0.360. The van der Waals surface area contributed by atoms with E-state index in [1.165, 1.54) is 38.5 Å². The molecular formula is C25H29BO2. The van der Waals surface area contributed by atoms with E-state index in [-0.39, 0.29) is 5.41 Å². The van der Waals surface area contributed by atoms with E-state index in [9.17, 15) is 5.11 Å². The Kier molecular flexibility index (Phi) is 4.26. The van der Waals surface area contributed by atoms with Crippen molar-refractivity contribution in [3.63, 3.8) is 0 Å². The average Bonchev–Trinajstić information content (AvgIpc) is 2.87. The number of hydrogen-bond acceptors (Lipinski definition) is 2. The zero-order valence-electron chi connectivity index (χ0n) is 17.8. The van der Waals surface area contributed by atoms with Crippen LogP contribution in [0, 0.1) is 0 Å². The van der Waals surface area contributed by atoms with Gasteiger partial charge in [-0.15, -0.1) is 0 Å². The number of benzene rings is 3. The van der Waals surface area contributed by atoms with Gasteiger partial charge in [0.05, 0.1) is 11.2 Å². The Morgan fingerprint density at radius 1 is 0.821 bits per heavy atom. The molecular weight excluding hydrogens is 343 g/mol. The summed E-state index contributed by atoms with van der Waals surface area (Å²) < 4.78 is 6.25. The summed E-state index contributed by atoms with van der Waals surface area (Å²) in [5, 5.41) is 13.0. The summed E-state index contributed by atoms with van der Waals surface area (Å²) >= 11 is 0. The first-order valence-corrected chi connectivity index (χ1v) is 10.1. The van der Waals surface area contributed by atoms with Gasteiger partial charge in [-0.25, -0.2) is 0 Å². The van der Waals surface area contributed by atoms with Crippen LogP contribution in [0.4, 0.5) is 0 Å². The van der Waals surface area contributed by atoms with Crippen LogP contribution in [0.25, 0.3) is 21.9 Å². The molecule has 0 saturated heterocycles. The van der Waals surface area contributed by atoms with Crippen LogP contribution in [0.2, 0.25) is 0 Å². The van der Waals surface area contributed by atoms with Crippen molar-refractivity contribution in [3.8, 4) is 11.1 Å². The molecule has 0 aromatic heterocycles. The van der Waals surface area contributed by atoms with Crippen LogP contribution in [-0.4, -0.2) is 23.8 Å². The zero-order chi connectivity index (χ0) is 20.3. The van der Waals surface area contributed by atoms with Gasteiger partial charge in [-0.3, -0.25) is 0 Å². The van der Waals surface area contributed by atoms with E-state index in [1.54, 1.807) is 13.8 Å². The average molecular weight is 372 g/mol. The fourth-order valence-corrected chi connectivity index (χ4v) is 4.18. The Labute approximate surface area is 168 Å². The van der Waals surface area contributed by atoms with Crippen LogP contribution >= 0.6 is 0 Å². The first kappa shape index (κ1) is 19.2. The van der Waals surface area contributed by atoms with E-state index in [0.29, 0.717) is 7.48 Å². The van der Waals surface area contributed by atoms with Gasteiger partial charge >= 0.3 is 7.48 Å². The minimum absolute atomic E-state index is 0.0452. The summed E-state index contributed by atoms with van der Waals surface area (Å²) in [7, 11) is 0.471. The lowest BCUT2D eigenvalue weighted by Crippen LogP contribution is -2.49. The Bertz CT molecular complexity index is 1060. The molecule has 28 heavy (non-hydrogen) atoms. The Balaban J connectivity index is 1.89. The van der Waals surface area contributed by atoms with Crippen LogP contribution in [0.3, 0.4) is 0 Å². The molecule has 0 heterocycles. The lowest BCUT2D eigenvalue weighted by atomic mass is 9.76. The molecule has 0 bridgehead atoms. The van der Waals surface area contributed by atoms with Gasteiger partial charge in [0.2, 0.25) is 0 Å². The van der Waals surface area contributed by atoms with Gasteiger partial charge in [-0.1, -0.05) is 68.4 Å². The van der Waals surface area contributed by atoms with E-state index in [4.69, 9.17) is 4.65 Å². The van der Waals surface area contributed by atoms with Gasteiger partial charge in [0.25, 0.3) is 0 Å². The predicted octanol–water partition coefficient (Wildman–Crippen LogP) is 4.69. The zero-order valence-corrected chi connectivity index (χ0v) is 17.8. The molecule has 0 radical (unpaired) electrons. The van der Waals surface area contributed by atoms with E-state index < -0.39 is 11.2 Å². The van der Waals surface area contributed by atoms with E-state index in [2.05, 4.69) is 68.4 Å². The van der Waals surface area contributed by atoms with Crippen molar-refractivity contribution in [2.24, 2.45) is 0 Å². The van der Waals surface area contributed by atoms with Gasteiger partial charge in [0.15, 0.2) is 0 Å². The molecule has 0 fully saturated rings. The highest BCUT2D eigenvalue weighted by molar-refractivity contribution is 6.50. The Hall–Kier alpha value is -2.10. The molecule has 0 spiro atoms. The van der Waals surface area contributed by atoms with Crippen molar-refractivity contribution in [3.05, 3.63) is 65.7 Å². The van der Waals surface area contributed by atoms with Crippen molar-refractivity contribution in [1.82, 2.24) is 0 Å². The number of aliphatic hydroxyl groups is 1. The third kappa shape index (κ3) is 2.80. The largest absolute Gasteiger partial charge is 0.427 e. The molecule has 3 heteroatoms. The van der Waals surface area contributed by atoms with Crippen LogP contribution in [-0.2, 0) is 10.1 Å². The number of rotatable bonds is 4. The van der Waals surface area contributed by atoms with E-state index >= 15 is 0 Å². The fourth-order valence-electron chi connectivity index (χ4n) is 4.18. The lowest BCUT2D eigenvalue weighted by molar-refractivity contribution is -0.0893. The van der Waals surface area contributed by atoms with Crippen LogP contribution in [0.15, 0.2) is 54.6 Å². The summed E-state index contributed by atoms with van der Waals surface area (Å²) in [6, 6.07) is 19.7. The monoisotopic (exact) mass is 372 g/mol. The summed E-state index contributed by atoms with van der Waals surface area (Å²) in [6.45, 7) is 12.1. The Morgan fingerprint density at radius 3 is 2.21 bits per heavy atom. The normalized spacial score (nSPS) is 15.4. The van der Waals surface area contributed by atoms with Gasteiger partial charge in [0.1, 0.15) is 0 Å². The first-order valence-electron chi connectivity index (χ1n) is 10.1. The molecule has 1 N–H and O–H groups in total. The topological polar surface area (TPSA) is 29.5 Å². The summed E-state index contributed by atoms with van der Waals surface area (Å²) in [5.41, 5.74) is 4.91. The predicted molar refractivity (Wildman–Crippen MR) is 120 cm³/mol. The van der Waals surface area contributed by atoms with Gasteiger partial charge < -0.3 is 9.76 Å². The molecule has 0 aliphatic heterocycles. The molecule has 3 aromatic carbocycles. The second-order valence-electron chi connectivity index (χ2n) is 9.53. The van der Waals surface area contributed by atoms with E-state index in [1.807, 2.05) is 13.8 Å². The van der Waals surface area contributed by atoms with Crippen LogP contribution < -0.4 is 5.46 Å². The van der Waals surface area contributed by atoms with Crippen LogP contribution in [0.5, 0.6) is 0 Å². The second kappa shape index (κ2) is 6.20. The van der Waals surface area contributed by atoms with Gasteiger partial charge in [-0.05, 0) is 66.2 Å². The maximum absolute atomic E-state index is 10.5. The second-order valence-corrected chi connectivity index (χ2v) is 9.53. The quantitative estimate of drug-likeness (QED) is 0.674. The molecule has 0 unspecified atom stereocenters. The van der Waals surface area contributed by atoms with Crippen LogP contribution in [0.1, 0.15) is 52.7 Å². The highest BCUT2D eigenvalue weighted by Crippen LogP contribution is 2.50. The molecule has 4 rings (SSSR count). The van der Waals surface area contributed by atoms with Crippen molar-refractivity contribution >= 4 is 23.7 Å².